The van der Waals surface area contributed by atoms with E-state index in [1.54, 1.807) is 10.9 Å². The van der Waals surface area contributed by atoms with Gasteiger partial charge in [-0.25, -0.2) is 4.98 Å². The highest BCUT2D eigenvalue weighted by atomic mass is 35.5. The van der Waals surface area contributed by atoms with Crippen LogP contribution in [0.1, 0.15) is 35.2 Å². The number of rotatable bonds is 9. The van der Waals surface area contributed by atoms with E-state index in [0.717, 1.165) is 28.5 Å². The number of halogens is 1. The second-order valence-corrected chi connectivity index (χ2v) is 8.65. The quantitative estimate of drug-likeness (QED) is 0.367. The van der Waals surface area contributed by atoms with E-state index >= 15 is 0 Å². The molecule has 1 aliphatic rings. The summed E-state index contributed by atoms with van der Waals surface area (Å²) in [6.07, 6.45) is 6.64. The predicted octanol–water partition coefficient (Wildman–Crippen LogP) is 3.82. The van der Waals surface area contributed by atoms with Crippen LogP contribution in [0, 0.1) is 0 Å². The zero-order chi connectivity index (χ0) is 23.5. The van der Waals surface area contributed by atoms with Crippen molar-refractivity contribution in [2.45, 2.75) is 32.2 Å². The third-order valence-electron chi connectivity index (χ3n) is 5.92. The molecule has 174 valence electrons. The van der Waals surface area contributed by atoms with Gasteiger partial charge in [0.15, 0.2) is 11.4 Å². The lowest BCUT2D eigenvalue weighted by molar-refractivity contribution is -0.118. The number of pyridine rings is 1. The zero-order valence-electron chi connectivity index (χ0n) is 18.9. The van der Waals surface area contributed by atoms with E-state index in [-0.39, 0.29) is 5.78 Å². The van der Waals surface area contributed by atoms with Crippen molar-refractivity contribution in [1.29, 1.82) is 0 Å². The molecule has 1 unspecified atom stereocenters. The van der Waals surface area contributed by atoms with Crippen molar-refractivity contribution in [3.8, 4) is 0 Å². The van der Waals surface area contributed by atoms with Crippen LogP contribution in [-0.2, 0) is 28.9 Å². The number of carbonyl (C=O) groups excluding carboxylic acids is 1. The molecule has 34 heavy (non-hydrogen) atoms. The third-order valence-corrected chi connectivity index (χ3v) is 6.16. The summed E-state index contributed by atoms with van der Waals surface area (Å²) in [5, 5.41) is 9.31. The first-order valence-electron chi connectivity index (χ1n) is 11.4. The first kappa shape index (κ1) is 22.4. The lowest BCUT2D eigenvalue weighted by atomic mass is 9.95. The van der Waals surface area contributed by atoms with Gasteiger partial charge in [0, 0.05) is 43.2 Å². The molecule has 0 saturated carbocycles. The van der Waals surface area contributed by atoms with Crippen LogP contribution in [0.4, 0.5) is 5.95 Å². The average Bonchev–Trinajstić information content (AvgIpc) is 3.39. The lowest BCUT2D eigenvalue weighted by Gasteiger charge is -2.13. The molecule has 0 bridgehead atoms. The Bertz CT molecular complexity index is 1320. The molecule has 1 aliphatic carbocycles. The second kappa shape index (κ2) is 9.87. The molecule has 5 rings (SSSR count). The standard InChI is InChI=1S/C25H25ClN6O2/c1-2-34-11-10-32-15-20-23(22-19-13-18(26)6-5-17(19)12-21(22)33)29-25(30-24(20)31-32)28-9-7-16-4-3-8-27-14-16/h3-6,8,13-15,22H,2,7,9-12H2,1H3,(H,28,30,31). The van der Waals surface area contributed by atoms with Crippen LogP contribution in [0.25, 0.3) is 11.0 Å². The topological polar surface area (TPSA) is 94.8 Å². The molecule has 0 aliphatic heterocycles. The number of benzene rings is 1. The van der Waals surface area contributed by atoms with Gasteiger partial charge >= 0.3 is 0 Å². The normalized spacial score (nSPS) is 15.1. The Morgan fingerprint density at radius 3 is 3.00 bits per heavy atom. The number of ether oxygens (including phenoxy) is 1. The number of anilines is 1. The van der Waals surface area contributed by atoms with Crippen LogP contribution < -0.4 is 5.32 Å². The van der Waals surface area contributed by atoms with Crippen LogP contribution in [0.2, 0.25) is 5.02 Å². The minimum atomic E-state index is -0.498. The van der Waals surface area contributed by atoms with E-state index in [2.05, 4.69) is 20.4 Å². The Labute approximate surface area is 202 Å². The van der Waals surface area contributed by atoms with Crippen LogP contribution in [0.5, 0.6) is 0 Å². The number of hydrogen-bond acceptors (Lipinski definition) is 7. The summed E-state index contributed by atoms with van der Waals surface area (Å²) in [4.78, 5) is 26.7. The van der Waals surface area contributed by atoms with E-state index in [0.29, 0.717) is 55.0 Å². The predicted molar refractivity (Wildman–Crippen MR) is 130 cm³/mol. The molecular weight excluding hydrogens is 452 g/mol. The van der Waals surface area contributed by atoms with Gasteiger partial charge < -0.3 is 10.1 Å². The monoisotopic (exact) mass is 476 g/mol. The number of hydrogen-bond donors (Lipinski definition) is 1. The zero-order valence-corrected chi connectivity index (χ0v) is 19.6. The van der Waals surface area contributed by atoms with E-state index in [9.17, 15) is 4.79 Å². The van der Waals surface area contributed by atoms with Gasteiger partial charge in [0.2, 0.25) is 5.95 Å². The van der Waals surface area contributed by atoms with Gasteiger partial charge in [0.1, 0.15) is 0 Å². The van der Waals surface area contributed by atoms with Crippen molar-refractivity contribution in [1.82, 2.24) is 24.7 Å². The summed E-state index contributed by atoms with van der Waals surface area (Å²) in [5.74, 6) is 0.0491. The second-order valence-electron chi connectivity index (χ2n) is 8.22. The smallest absolute Gasteiger partial charge is 0.225 e. The minimum absolute atomic E-state index is 0.0978. The molecule has 1 N–H and O–H groups in total. The van der Waals surface area contributed by atoms with Crippen LogP contribution in [-0.4, -0.2) is 50.3 Å². The van der Waals surface area contributed by atoms with Gasteiger partial charge in [-0.05, 0) is 48.2 Å². The van der Waals surface area contributed by atoms with Crippen molar-refractivity contribution in [2.75, 3.05) is 25.1 Å². The fraction of sp³-hybridized carbons (Fsp3) is 0.320. The minimum Gasteiger partial charge on any atom is -0.380 e. The van der Waals surface area contributed by atoms with Crippen molar-refractivity contribution >= 4 is 34.4 Å². The fourth-order valence-corrected chi connectivity index (χ4v) is 4.49. The number of carbonyl (C=O) groups is 1. The number of nitrogens with one attached hydrogen (secondary N) is 1. The molecule has 3 heterocycles. The number of ketones is 1. The molecule has 0 spiro atoms. The fourth-order valence-electron chi connectivity index (χ4n) is 4.31. The largest absolute Gasteiger partial charge is 0.380 e. The Hall–Kier alpha value is -3.36. The maximum atomic E-state index is 13.1. The Balaban J connectivity index is 1.50. The van der Waals surface area contributed by atoms with Gasteiger partial charge in [-0.15, -0.1) is 0 Å². The number of Topliss-reactive ketones (excluding diaryl/α,β-unsaturated/α-hetero) is 1. The van der Waals surface area contributed by atoms with Crippen LogP contribution in [0.3, 0.4) is 0 Å². The van der Waals surface area contributed by atoms with E-state index < -0.39 is 5.92 Å². The summed E-state index contributed by atoms with van der Waals surface area (Å²) in [6.45, 7) is 4.37. The van der Waals surface area contributed by atoms with E-state index in [1.807, 2.05) is 49.6 Å². The van der Waals surface area contributed by atoms with Crippen molar-refractivity contribution in [3.63, 3.8) is 0 Å². The average molecular weight is 477 g/mol. The maximum Gasteiger partial charge on any atom is 0.225 e. The SMILES string of the molecule is CCOCCn1cc2c(C3C(=O)Cc4ccc(Cl)cc43)nc(NCCc3cccnc3)nc2n1. The van der Waals surface area contributed by atoms with Gasteiger partial charge in [0.25, 0.3) is 0 Å². The summed E-state index contributed by atoms with van der Waals surface area (Å²) >= 11 is 6.28. The lowest BCUT2D eigenvalue weighted by Crippen LogP contribution is -2.14. The summed E-state index contributed by atoms with van der Waals surface area (Å²) < 4.78 is 7.28. The Morgan fingerprint density at radius 1 is 1.26 bits per heavy atom. The van der Waals surface area contributed by atoms with Crippen LogP contribution in [0.15, 0.2) is 48.9 Å². The first-order valence-corrected chi connectivity index (χ1v) is 11.8. The molecule has 0 saturated heterocycles. The highest BCUT2D eigenvalue weighted by Crippen LogP contribution is 2.39. The van der Waals surface area contributed by atoms with Gasteiger partial charge in [0.05, 0.1) is 30.1 Å². The van der Waals surface area contributed by atoms with Gasteiger partial charge in [-0.2, -0.15) is 10.1 Å². The highest BCUT2D eigenvalue weighted by Gasteiger charge is 2.35. The molecule has 1 atom stereocenters. The molecular formula is C25H25ClN6O2. The molecule has 0 amide bonds. The van der Waals surface area contributed by atoms with Crippen LogP contribution >= 0.6 is 11.6 Å². The number of nitrogens with zero attached hydrogens (tertiary/aromatic N) is 5. The summed E-state index contributed by atoms with van der Waals surface area (Å²) in [6, 6.07) is 9.56. The van der Waals surface area contributed by atoms with Crippen molar-refractivity contribution < 1.29 is 9.53 Å². The molecule has 8 nitrogen and oxygen atoms in total. The molecule has 1 aromatic carbocycles. The van der Waals surface area contributed by atoms with Crippen molar-refractivity contribution in [3.05, 3.63) is 76.3 Å². The molecule has 3 aromatic heterocycles. The number of fused-ring (bicyclic) bond motifs is 2. The van der Waals surface area contributed by atoms with Gasteiger partial charge in [-0.3, -0.25) is 14.5 Å². The summed E-state index contributed by atoms with van der Waals surface area (Å²) in [7, 11) is 0. The highest BCUT2D eigenvalue weighted by molar-refractivity contribution is 6.30. The maximum absolute atomic E-state index is 13.1. The van der Waals surface area contributed by atoms with E-state index in [4.69, 9.17) is 21.3 Å². The molecule has 0 radical (unpaired) electrons. The Kier molecular flexibility index (Phi) is 6.51. The molecule has 9 heteroatoms. The molecule has 0 fully saturated rings. The Morgan fingerprint density at radius 2 is 2.18 bits per heavy atom. The summed E-state index contributed by atoms with van der Waals surface area (Å²) in [5.41, 5.74) is 4.21. The van der Waals surface area contributed by atoms with Gasteiger partial charge in [-0.1, -0.05) is 23.7 Å². The van der Waals surface area contributed by atoms with Crippen molar-refractivity contribution in [2.24, 2.45) is 0 Å². The first-order chi connectivity index (χ1) is 16.6. The third kappa shape index (κ3) is 4.64. The van der Waals surface area contributed by atoms with E-state index in [1.165, 1.54) is 0 Å². The molecule has 4 aromatic rings. The number of aromatic nitrogens is 5.